The number of carbonyl (C=O) groups excluding carboxylic acids is 1. The first-order chi connectivity index (χ1) is 29.3. The summed E-state index contributed by atoms with van der Waals surface area (Å²) in [6, 6.07) is 29.5. The van der Waals surface area contributed by atoms with Gasteiger partial charge in [-0.05, 0) is 49.1 Å². The predicted molar refractivity (Wildman–Crippen MR) is 266 cm³/mol. The maximum absolute atomic E-state index is 10.7. The lowest BCUT2D eigenvalue weighted by molar-refractivity contribution is -0.903. The quantitative estimate of drug-likeness (QED) is 0.0464. The van der Waals surface area contributed by atoms with Crippen molar-refractivity contribution in [3.8, 4) is 0 Å². The number of hydrogen-bond acceptors (Lipinski definition) is 2. The third kappa shape index (κ3) is 32.4. The van der Waals surface area contributed by atoms with Crippen LogP contribution < -0.4 is 5.11 Å². The Labute approximate surface area is 379 Å². The van der Waals surface area contributed by atoms with Crippen molar-refractivity contribution in [1.29, 1.82) is 0 Å². The number of quaternary nitrogens is 2. The van der Waals surface area contributed by atoms with Gasteiger partial charge in [0.15, 0.2) is 0 Å². The predicted octanol–water partition coefficient (Wildman–Crippen LogP) is 14.9. The summed E-state index contributed by atoms with van der Waals surface area (Å²) in [6.45, 7) is 15.5. The van der Waals surface area contributed by atoms with Gasteiger partial charge in [-0.25, -0.2) is 0 Å². The molecule has 4 nitrogen and oxygen atoms in total. The third-order valence-corrected chi connectivity index (χ3v) is 12.1. The lowest BCUT2D eigenvalue weighted by Crippen LogP contribution is -2.39. The highest BCUT2D eigenvalue weighted by Gasteiger charge is 2.16. The first-order valence-electron chi connectivity index (χ1n) is 25.3. The van der Waals surface area contributed by atoms with Crippen molar-refractivity contribution in [2.24, 2.45) is 5.92 Å². The van der Waals surface area contributed by atoms with E-state index in [0.717, 1.165) is 34.0 Å². The zero-order valence-electron chi connectivity index (χ0n) is 41.5. The molecule has 1 atom stereocenters. The van der Waals surface area contributed by atoms with Crippen LogP contribution >= 0.6 is 0 Å². The van der Waals surface area contributed by atoms with E-state index in [-0.39, 0.29) is 0 Å². The Balaban J connectivity index is 0.000000469. The van der Waals surface area contributed by atoms with E-state index in [0.29, 0.717) is 5.92 Å². The van der Waals surface area contributed by atoms with Crippen molar-refractivity contribution >= 4 is 5.97 Å². The average molecular weight is 842 g/mol. The SMILES string of the molecule is CC(C)Cc1ccc(C(C)C(=O)[O-])cc1.CCCCCCCCCCCCCC[N+](C)(C)Cc1ccccc1.CCCCCCCCCCCC[N+](C)(C)Cc1ccccc1. The fraction of sp³-hybridized carbons (Fsp3) is 0.667. The van der Waals surface area contributed by atoms with E-state index in [9.17, 15) is 9.90 Å². The van der Waals surface area contributed by atoms with Gasteiger partial charge >= 0.3 is 0 Å². The molecule has 346 valence electrons. The Hall–Kier alpha value is -2.95. The van der Waals surface area contributed by atoms with Crippen LogP contribution in [0.5, 0.6) is 0 Å². The molecule has 0 heterocycles. The highest BCUT2D eigenvalue weighted by Crippen LogP contribution is 2.18. The van der Waals surface area contributed by atoms with E-state index < -0.39 is 11.9 Å². The van der Waals surface area contributed by atoms with E-state index in [1.54, 1.807) is 6.92 Å². The molecule has 0 saturated carbocycles. The topological polar surface area (TPSA) is 40.1 Å². The number of carbonyl (C=O) groups is 1. The molecule has 1 unspecified atom stereocenters. The second kappa shape index (κ2) is 35.5. The van der Waals surface area contributed by atoms with Crippen LogP contribution in [0.15, 0.2) is 84.9 Å². The molecule has 3 rings (SSSR count). The number of carboxylic acid groups (broad SMARTS) is 1. The van der Waals surface area contributed by atoms with Crippen molar-refractivity contribution in [2.45, 2.75) is 201 Å². The highest BCUT2D eigenvalue weighted by atomic mass is 16.4. The van der Waals surface area contributed by atoms with Crippen molar-refractivity contribution in [2.75, 3.05) is 41.3 Å². The van der Waals surface area contributed by atoms with Gasteiger partial charge in [0.25, 0.3) is 0 Å². The number of carboxylic acids is 1. The number of unbranched alkanes of at least 4 members (excludes halogenated alkanes) is 20. The molecule has 0 bridgehead atoms. The van der Waals surface area contributed by atoms with E-state index in [4.69, 9.17) is 0 Å². The fourth-order valence-corrected chi connectivity index (χ4v) is 8.27. The Bertz CT molecular complexity index is 1420. The number of rotatable bonds is 32. The second-order valence-corrected chi connectivity index (χ2v) is 20.1. The van der Waals surface area contributed by atoms with E-state index in [1.807, 2.05) is 24.3 Å². The molecule has 0 fully saturated rings. The number of aliphatic carboxylic acids is 1. The molecule has 0 saturated heterocycles. The molecule has 0 aromatic heterocycles. The summed E-state index contributed by atoms with van der Waals surface area (Å²) in [5, 5.41) is 10.7. The van der Waals surface area contributed by atoms with E-state index in [1.165, 1.54) is 171 Å². The molecule has 61 heavy (non-hydrogen) atoms. The summed E-state index contributed by atoms with van der Waals surface area (Å²) in [7, 11) is 9.46. The molecular weight excluding hydrogens is 745 g/mol. The summed E-state index contributed by atoms with van der Waals surface area (Å²) < 4.78 is 2.23. The molecule has 3 aromatic carbocycles. The number of hydrogen-bond donors (Lipinski definition) is 0. The summed E-state index contributed by atoms with van der Waals surface area (Å²) in [6.07, 6.45) is 32.5. The average Bonchev–Trinajstić information content (AvgIpc) is 3.22. The van der Waals surface area contributed by atoms with E-state index in [2.05, 4.69) is 117 Å². The minimum Gasteiger partial charge on any atom is -0.550 e. The number of nitrogens with zero attached hydrogens (tertiary/aromatic N) is 2. The largest absolute Gasteiger partial charge is 0.550 e. The maximum atomic E-state index is 10.7. The summed E-state index contributed by atoms with van der Waals surface area (Å²) in [5.41, 5.74) is 4.97. The zero-order chi connectivity index (χ0) is 45.0. The van der Waals surface area contributed by atoms with Gasteiger partial charge in [-0.15, -0.1) is 0 Å². The van der Waals surface area contributed by atoms with Crippen LogP contribution in [0.25, 0.3) is 0 Å². The minimum absolute atomic E-state index is 0.530. The first-order valence-corrected chi connectivity index (χ1v) is 25.3. The van der Waals surface area contributed by atoms with Gasteiger partial charge < -0.3 is 18.9 Å². The normalized spacial score (nSPS) is 12.0. The minimum atomic E-state index is -1.02. The summed E-state index contributed by atoms with van der Waals surface area (Å²) in [5.74, 6) is -0.931. The third-order valence-electron chi connectivity index (χ3n) is 12.1. The standard InChI is InChI=1S/C23H42N.C21H38N.C13H18O2/c1-4-5-6-7-8-9-10-11-12-13-14-18-21-24(2,3)22-23-19-16-15-17-20-23;1-4-5-6-7-8-9-10-11-12-16-19-22(2,3)20-21-17-14-13-15-18-21;1-9(2)8-11-4-6-12(7-5-11)10(3)13(14)15/h15-17,19-20H,4-14,18,21-22H2,1-3H3;13-15,17-18H,4-12,16,19-20H2,1-3H3;4-7,9-10H,8H2,1-3H3,(H,14,15)/q2*+1;/p-1. The summed E-state index contributed by atoms with van der Waals surface area (Å²) in [4.78, 5) is 10.7. The van der Waals surface area contributed by atoms with Crippen LogP contribution in [0, 0.1) is 5.92 Å². The summed E-state index contributed by atoms with van der Waals surface area (Å²) >= 11 is 0. The van der Waals surface area contributed by atoms with Crippen LogP contribution in [0.1, 0.15) is 204 Å². The van der Waals surface area contributed by atoms with Gasteiger partial charge in [-0.3, -0.25) is 0 Å². The van der Waals surface area contributed by atoms with Gasteiger partial charge in [0, 0.05) is 23.0 Å². The molecule has 0 amide bonds. The Morgan fingerprint density at radius 2 is 0.754 bits per heavy atom. The van der Waals surface area contributed by atoms with E-state index >= 15 is 0 Å². The Kier molecular flexibility index (Phi) is 32.6. The monoisotopic (exact) mass is 842 g/mol. The van der Waals surface area contributed by atoms with Gasteiger partial charge in [0.2, 0.25) is 0 Å². The van der Waals surface area contributed by atoms with Gasteiger partial charge in [-0.2, -0.15) is 0 Å². The van der Waals surface area contributed by atoms with Crippen LogP contribution in [0.4, 0.5) is 0 Å². The van der Waals surface area contributed by atoms with Gasteiger partial charge in [0.05, 0.1) is 41.3 Å². The van der Waals surface area contributed by atoms with Crippen LogP contribution in [-0.2, 0) is 24.3 Å². The Morgan fingerprint density at radius 3 is 1.05 bits per heavy atom. The highest BCUT2D eigenvalue weighted by molar-refractivity contribution is 5.73. The van der Waals surface area contributed by atoms with Crippen molar-refractivity contribution in [3.63, 3.8) is 0 Å². The van der Waals surface area contributed by atoms with Crippen LogP contribution in [-0.4, -0.2) is 56.2 Å². The molecule has 3 aromatic rings. The fourth-order valence-electron chi connectivity index (χ4n) is 8.27. The van der Waals surface area contributed by atoms with Crippen molar-refractivity contribution in [3.05, 3.63) is 107 Å². The van der Waals surface area contributed by atoms with Crippen LogP contribution in [0.3, 0.4) is 0 Å². The molecule has 0 N–H and O–H groups in total. The smallest absolute Gasteiger partial charge is 0.104 e. The van der Waals surface area contributed by atoms with Crippen molar-refractivity contribution < 1.29 is 18.9 Å². The van der Waals surface area contributed by atoms with Crippen LogP contribution in [0.2, 0.25) is 0 Å². The molecule has 0 aliphatic heterocycles. The molecule has 0 aliphatic rings. The zero-order valence-corrected chi connectivity index (χ0v) is 41.5. The second-order valence-electron chi connectivity index (χ2n) is 20.1. The Morgan fingerprint density at radius 1 is 0.443 bits per heavy atom. The lowest BCUT2D eigenvalue weighted by Gasteiger charge is -2.30. The van der Waals surface area contributed by atoms with Crippen molar-refractivity contribution in [1.82, 2.24) is 0 Å². The molecule has 4 heteroatoms. The van der Waals surface area contributed by atoms with Gasteiger partial charge in [0.1, 0.15) is 13.1 Å². The molecule has 0 radical (unpaired) electrons. The maximum Gasteiger partial charge on any atom is 0.104 e. The molecular formula is C57H97N2O2+. The molecule has 0 aliphatic carbocycles. The van der Waals surface area contributed by atoms with Gasteiger partial charge in [-0.1, -0.05) is 235 Å². The first kappa shape index (κ1) is 56.1. The number of benzene rings is 3. The lowest BCUT2D eigenvalue weighted by atomic mass is 9.97. The molecule has 0 spiro atoms.